The first-order valence-corrected chi connectivity index (χ1v) is 14.1. The molecule has 9 heteroatoms. The molecule has 0 bridgehead atoms. The zero-order valence-corrected chi connectivity index (χ0v) is 22.9. The number of carbonyl (C=O) groups excluding carboxylic acids is 3. The molecule has 1 heterocycles. The van der Waals surface area contributed by atoms with Crippen LogP contribution in [0.15, 0.2) is 48.5 Å². The molecule has 2 aliphatic rings. The zero-order chi connectivity index (χ0) is 26.9. The van der Waals surface area contributed by atoms with E-state index >= 15 is 0 Å². The van der Waals surface area contributed by atoms with Gasteiger partial charge in [-0.25, -0.2) is 4.79 Å². The van der Waals surface area contributed by atoms with Gasteiger partial charge in [0.2, 0.25) is 5.91 Å². The highest BCUT2D eigenvalue weighted by molar-refractivity contribution is 6.30. The highest BCUT2D eigenvalue weighted by Crippen LogP contribution is 2.21. The number of halogens is 1. The molecule has 8 nitrogen and oxygen atoms in total. The predicted molar refractivity (Wildman–Crippen MR) is 152 cm³/mol. The van der Waals surface area contributed by atoms with Crippen molar-refractivity contribution in [3.63, 3.8) is 0 Å². The Bertz CT molecular complexity index is 1080. The van der Waals surface area contributed by atoms with Gasteiger partial charge in [0, 0.05) is 60.7 Å². The average Bonchev–Trinajstić information content (AvgIpc) is 2.94. The Kier molecular flexibility index (Phi) is 9.87. The molecule has 1 aliphatic heterocycles. The highest BCUT2D eigenvalue weighted by Gasteiger charge is 2.24. The number of anilines is 2. The van der Waals surface area contributed by atoms with Crippen molar-refractivity contribution in [3.8, 4) is 0 Å². The normalized spacial score (nSPS) is 16.2. The summed E-state index contributed by atoms with van der Waals surface area (Å²) in [7, 11) is 0. The molecule has 0 unspecified atom stereocenters. The number of amides is 4. The van der Waals surface area contributed by atoms with Gasteiger partial charge in [-0.3, -0.25) is 9.59 Å². The van der Waals surface area contributed by atoms with Gasteiger partial charge in [-0.1, -0.05) is 37.8 Å². The quantitative estimate of drug-likeness (QED) is 0.494. The summed E-state index contributed by atoms with van der Waals surface area (Å²) in [6.07, 6.45) is 6.60. The maximum absolute atomic E-state index is 12.9. The molecule has 1 saturated carbocycles. The Balaban J connectivity index is 1.25. The smallest absolute Gasteiger partial charge is 0.317 e. The van der Waals surface area contributed by atoms with Crippen LogP contribution in [0.4, 0.5) is 16.2 Å². The van der Waals surface area contributed by atoms with Crippen LogP contribution in [0, 0.1) is 0 Å². The van der Waals surface area contributed by atoms with Crippen LogP contribution >= 0.6 is 11.6 Å². The van der Waals surface area contributed by atoms with Gasteiger partial charge in [0.05, 0.1) is 0 Å². The maximum atomic E-state index is 12.9. The molecule has 4 rings (SSSR count). The minimum atomic E-state index is -0.244. The van der Waals surface area contributed by atoms with Gasteiger partial charge < -0.3 is 25.3 Å². The lowest BCUT2D eigenvalue weighted by atomic mass is 9.96. The van der Waals surface area contributed by atoms with Crippen LogP contribution in [0.25, 0.3) is 0 Å². The van der Waals surface area contributed by atoms with E-state index in [1.807, 2.05) is 36.1 Å². The summed E-state index contributed by atoms with van der Waals surface area (Å²) in [6.45, 7) is 5.34. The molecule has 0 atom stereocenters. The molecular formula is C29H38ClN5O3. The largest absolute Gasteiger partial charge is 0.368 e. The molecule has 2 aromatic carbocycles. The summed E-state index contributed by atoms with van der Waals surface area (Å²) in [5.41, 5.74) is 2.24. The zero-order valence-electron chi connectivity index (χ0n) is 22.1. The van der Waals surface area contributed by atoms with E-state index in [9.17, 15) is 14.4 Å². The second-order valence-electron chi connectivity index (χ2n) is 10.1. The Morgan fingerprint density at radius 3 is 2.21 bits per heavy atom. The maximum Gasteiger partial charge on any atom is 0.317 e. The summed E-state index contributed by atoms with van der Waals surface area (Å²) < 4.78 is 0. The Morgan fingerprint density at radius 1 is 0.921 bits per heavy atom. The minimum absolute atomic E-state index is 0.0259. The van der Waals surface area contributed by atoms with E-state index in [-0.39, 0.29) is 24.4 Å². The van der Waals surface area contributed by atoms with Crippen LogP contribution in [0.3, 0.4) is 0 Å². The monoisotopic (exact) mass is 539 g/mol. The number of benzene rings is 2. The first-order chi connectivity index (χ1) is 18.4. The third-order valence-electron chi connectivity index (χ3n) is 7.22. The van der Waals surface area contributed by atoms with Crippen LogP contribution in [-0.4, -0.2) is 73.0 Å². The number of rotatable bonds is 8. The van der Waals surface area contributed by atoms with E-state index in [0.29, 0.717) is 41.9 Å². The van der Waals surface area contributed by atoms with E-state index in [2.05, 4.69) is 15.5 Å². The van der Waals surface area contributed by atoms with Gasteiger partial charge in [0.25, 0.3) is 5.91 Å². The van der Waals surface area contributed by atoms with Gasteiger partial charge in [-0.15, -0.1) is 0 Å². The second kappa shape index (κ2) is 13.5. The Hall–Kier alpha value is -3.26. The molecular weight excluding hydrogens is 502 g/mol. The Labute approximate surface area is 230 Å². The fourth-order valence-corrected chi connectivity index (χ4v) is 5.23. The van der Waals surface area contributed by atoms with Crippen molar-refractivity contribution in [3.05, 3.63) is 59.1 Å². The molecule has 4 amide bonds. The fraction of sp³-hybridized carbons (Fsp3) is 0.483. The van der Waals surface area contributed by atoms with Crippen LogP contribution in [0.1, 0.15) is 55.8 Å². The van der Waals surface area contributed by atoms with Crippen molar-refractivity contribution in [2.24, 2.45) is 0 Å². The first kappa shape index (κ1) is 27.8. The average molecular weight is 540 g/mol. The second-order valence-corrected chi connectivity index (χ2v) is 10.5. The van der Waals surface area contributed by atoms with Crippen molar-refractivity contribution in [2.75, 3.05) is 49.5 Å². The standard InChI is InChI=1S/C29H38ClN5O3/c1-2-16-35(28(37)22-8-10-23(30)11-9-22)21-27(36)31-25-12-14-26(15-13-25)33-17-19-34(20-18-33)29(38)32-24-6-4-3-5-7-24/h8-15,24H,2-7,16-21H2,1H3,(H,31,36)(H,32,38). The number of carbonyl (C=O) groups is 3. The van der Waals surface area contributed by atoms with Gasteiger partial charge in [0.1, 0.15) is 6.54 Å². The first-order valence-electron chi connectivity index (χ1n) is 13.7. The number of hydrogen-bond acceptors (Lipinski definition) is 4. The highest BCUT2D eigenvalue weighted by atomic mass is 35.5. The molecule has 0 aromatic heterocycles. The third kappa shape index (κ3) is 7.63. The van der Waals surface area contributed by atoms with Gasteiger partial charge in [-0.2, -0.15) is 0 Å². The molecule has 1 aliphatic carbocycles. The fourth-order valence-electron chi connectivity index (χ4n) is 5.11. The van der Waals surface area contributed by atoms with Crippen LogP contribution in [-0.2, 0) is 4.79 Å². The molecule has 0 spiro atoms. The molecule has 1 saturated heterocycles. The third-order valence-corrected chi connectivity index (χ3v) is 7.47. The van der Waals surface area contributed by atoms with E-state index in [4.69, 9.17) is 11.6 Å². The molecule has 204 valence electrons. The van der Waals surface area contributed by atoms with Crippen LogP contribution in [0.5, 0.6) is 0 Å². The molecule has 38 heavy (non-hydrogen) atoms. The molecule has 0 radical (unpaired) electrons. The van der Waals surface area contributed by atoms with E-state index in [1.54, 1.807) is 29.2 Å². The number of nitrogens with one attached hydrogen (secondary N) is 2. The van der Waals surface area contributed by atoms with Crippen molar-refractivity contribution in [1.82, 2.24) is 15.1 Å². The summed E-state index contributed by atoms with van der Waals surface area (Å²) in [5, 5.41) is 6.67. The van der Waals surface area contributed by atoms with E-state index in [0.717, 1.165) is 38.0 Å². The number of urea groups is 1. The van der Waals surface area contributed by atoms with Crippen molar-refractivity contribution >= 4 is 40.8 Å². The molecule has 2 fully saturated rings. The Morgan fingerprint density at radius 2 is 1.58 bits per heavy atom. The van der Waals surface area contributed by atoms with Gasteiger partial charge >= 0.3 is 6.03 Å². The lowest BCUT2D eigenvalue weighted by molar-refractivity contribution is -0.116. The van der Waals surface area contributed by atoms with Gasteiger partial charge in [-0.05, 0) is 67.8 Å². The van der Waals surface area contributed by atoms with Crippen molar-refractivity contribution in [1.29, 1.82) is 0 Å². The van der Waals surface area contributed by atoms with Crippen LogP contribution in [0.2, 0.25) is 5.02 Å². The topological polar surface area (TPSA) is 85.0 Å². The summed E-state index contributed by atoms with van der Waals surface area (Å²) >= 11 is 5.93. The number of nitrogens with zero attached hydrogens (tertiary/aromatic N) is 3. The van der Waals surface area contributed by atoms with Crippen LogP contribution < -0.4 is 15.5 Å². The predicted octanol–water partition coefficient (Wildman–Crippen LogP) is 5.00. The number of hydrogen-bond donors (Lipinski definition) is 2. The summed E-state index contributed by atoms with van der Waals surface area (Å²) in [5.74, 6) is -0.438. The minimum Gasteiger partial charge on any atom is -0.368 e. The van der Waals surface area contributed by atoms with Gasteiger partial charge in [0.15, 0.2) is 0 Å². The lowest BCUT2D eigenvalue weighted by Crippen LogP contribution is -2.53. The SMILES string of the molecule is CCCN(CC(=O)Nc1ccc(N2CCN(C(=O)NC3CCCCC3)CC2)cc1)C(=O)c1ccc(Cl)cc1. The molecule has 2 N–H and O–H groups in total. The molecule has 2 aromatic rings. The lowest BCUT2D eigenvalue weighted by Gasteiger charge is -2.37. The van der Waals surface area contributed by atoms with E-state index < -0.39 is 0 Å². The van der Waals surface area contributed by atoms with Crippen molar-refractivity contribution in [2.45, 2.75) is 51.5 Å². The number of piperazine rings is 1. The summed E-state index contributed by atoms with van der Waals surface area (Å²) in [6, 6.07) is 14.8. The summed E-state index contributed by atoms with van der Waals surface area (Å²) in [4.78, 5) is 44.0. The van der Waals surface area contributed by atoms with E-state index in [1.165, 1.54) is 19.3 Å². The van der Waals surface area contributed by atoms with Crippen molar-refractivity contribution < 1.29 is 14.4 Å².